The Labute approximate surface area is 129 Å². The number of aryl methyl sites for hydroxylation is 2. The lowest BCUT2D eigenvalue weighted by Crippen LogP contribution is -2.00. The molecule has 5 heteroatoms. The average molecular weight is 365 g/mol. The molecule has 0 amide bonds. The van der Waals surface area contributed by atoms with Crippen molar-refractivity contribution in [2.24, 2.45) is 0 Å². The van der Waals surface area contributed by atoms with Crippen LogP contribution in [0.1, 0.15) is 15.3 Å². The third kappa shape index (κ3) is 3.21. The van der Waals surface area contributed by atoms with Gasteiger partial charge in [-0.15, -0.1) is 11.3 Å². The molecule has 1 N–H and O–H groups in total. The number of nitrogens with one attached hydrogen (secondary N) is 1. The Hall–Kier alpha value is -0.220. The highest BCUT2D eigenvalue weighted by atomic mass is 79.9. The van der Waals surface area contributed by atoms with Gasteiger partial charge in [-0.25, -0.2) is 0 Å². The highest BCUT2D eigenvalue weighted by Crippen LogP contribution is 2.34. The van der Waals surface area contributed by atoms with E-state index in [0.717, 1.165) is 16.7 Å². The minimum atomic E-state index is 0.624. The highest BCUT2D eigenvalue weighted by molar-refractivity contribution is 9.10. The number of anilines is 1. The van der Waals surface area contributed by atoms with Gasteiger partial charge >= 0.3 is 0 Å². The van der Waals surface area contributed by atoms with Crippen molar-refractivity contribution in [1.82, 2.24) is 0 Å². The number of hydrogen-bond acceptors (Lipinski definition) is 2. The van der Waals surface area contributed by atoms with Gasteiger partial charge in [0.1, 0.15) is 0 Å². The summed E-state index contributed by atoms with van der Waals surface area (Å²) in [5, 5.41) is 4.55. The smallest absolute Gasteiger partial charge is 0.0722 e. The lowest BCUT2D eigenvalue weighted by molar-refractivity contribution is 1.14. The van der Waals surface area contributed by atoms with Crippen molar-refractivity contribution in [2.75, 3.05) is 5.32 Å². The maximum Gasteiger partial charge on any atom is 0.0722 e. The highest BCUT2D eigenvalue weighted by Gasteiger charge is 2.09. The zero-order valence-corrected chi connectivity index (χ0v) is 13.9. The monoisotopic (exact) mass is 363 g/mol. The summed E-state index contributed by atoms with van der Waals surface area (Å²) in [7, 11) is 0. The van der Waals surface area contributed by atoms with Crippen LogP contribution < -0.4 is 5.32 Å². The second-order valence-electron chi connectivity index (χ2n) is 4.04. The van der Waals surface area contributed by atoms with Crippen LogP contribution in [0.2, 0.25) is 10.0 Å². The molecule has 0 aliphatic carbocycles. The zero-order chi connectivity index (χ0) is 13.3. The van der Waals surface area contributed by atoms with E-state index in [0.29, 0.717) is 10.0 Å². The second kappa shape index (κ2) is 5.83. The molecule has 0 atom stereocenters. The van der Waals surface area contributed by atoms with Gasteiger partial charge in [0.2, 0.25) is 0 Å². The van der Waals surface area contributed by atoms with Crippen LogP contribution in [0.25, 0.3) is 0 Å². The van der Waals surface area contributed by atoms with Gasteiger partial charge in [-0.3, -0.25) is 0 Å². The molecule has 0 spiro atoms. The molecule has 18 heavy (non-hydrogen) atoms. The summed E-state index contributed by atoms with van der Waals surface area (Å²) in [6.45, 7) is 4.97. The molecule has 0 fully saturated rings. The van der Waals surface area contributed by atoms with Crippen LogP contribution >= 0.6 is 50.5 Å². The van der Waals surface area contributed by atoms with Crippen LogP contribution in [-0.2, 0) is 6.54 Å². The first-order chi connectivity index (χ1) is 8.47. The molecule has 2 rings (SSSR count). The molecule has 1 nitrogen and oxygen atoms in total. The minimum Gasteiger partial charge on any atom is -0.379 e. The van der Waals surface area contributed by atoms with Crippen LogP contribution in [0, 0.1) is 13.8 Å². The van der Waals surface area contributed by atoms with Crippen LogP contribution in [0.4, 0.5) is 5.69 Å². The van der Waals surface area contributed by atoms with Crippen molar-refractivity contribution >= 4 is 56.2 Å². The van der Waals surface area contributed by atoms with Crippen molar-refractivity contribution in [2.45, 2.75) is 20.4 Å². The van der Waals surface area contributed by atoms with Crippen molar-refractivity contribution in [3.63, 3.8) is 0 Å². The molecule has 0 unspecified atom stereocenters. The molecule has 0 aliphatic heterocycles. The Bertz CT molecular complexity index is 557. The summed E-state index contributed by atoms with van der Waals surface area (Å²) in [6, 6.07) is 5.86. The average Bonchev–Trinajstić information content (AvgIpc) is 2.55. The van der Waals surface area contributed by atoms with Gasteiger partial charge in [-0.2, -0.15) is 0 Å². The van der Waals surface area contributed by atoms with Crippen molar-refractivity contribution in [3.8, 4) is 0 Å². The first-order valence-electron chi connectivity index (χ1n) is 5.41. The molecule has 0 bridgehead atoms. The fourth-order valence-electron chi connectivity index (χ4n) is 1.75. The SMILES string of the molecule is Cc1cc(CNc2c(Cl)cc(Br)cc2Cl)c(C)s1. The zero-order valence-electron chi connectivity index (χ0n) is 9.98. The van der Waals surface area contributed by atoms with Crippen molar-refractivity contribution in [1.29, 1.82) is 0 Å². The predicted octanol–water partition coefficient (Wildman–Crippen LogP) is 6.05. The van der Waals surface area contributed by atoms with Gasteiger partial charge in [-0.1, -0.05) is 39.1 Å². The molecular formula is C13H12BrCl2NS. The number of hydrogen-bond donors (Lipinski definition) is 1. The molecule has 0 radical (unpaired) electrons. The van der Waals surface area contributed by atoms with E-state index in [4.69, 9.17) is 23.2 Å². The van der Waals surface area contributed by atoms with E-state index in [1.807, 2.05) is 12.1 Å². The van der Waals surface area contributed by atoms with Gasteiger partial charge in [0, 0.05) is 20.8 Å². The lowest BCUT2D eigenvalue weighted by atomic mass is 10.2. The molecule has 0 saturated heterocycles. The Morgan fingerprint density at radius 3 is 2.28 bits per heavy atom. The summed E-state index contributed by atoms with van der Waals surface area (Å²) in [4.78, 5) is 2.64. The van der Waals surface area contributed by atoms with Crippen LogP contribution in [0.15, 0.2) is 22.7 Å². The third-order valence-corrected chi connectivity index (χ3v) is 4.67. The topological polar surface area (TPSA) is 12.0 Å². The van der Waals surface area contributed by atoms with Gasteiger partial charge < -0.3 is 5.32 Å². The molecular weight excluding hydrogens is 353 g/mol. The summed E-state index contributed by atoms with van der Waals surface area (Å²) in [5.74, 6) is 0. The lowest BCUT2D eigenvalue weighted by Gasteiger charge is -2.10. The molecule has 0 aliphatic rings. The summed E-state index contributed by atoms with van der Waals surface area (Å²) in [6.07, 6.45) is 0. The van der Waals surface area contributed by atoms with Crippen molar-refractivity contribution < 1.29 is 0 Å². The second-order valence-corrected chi connectivity index (χ2v) is 7.23. The normalized spacial score (nSPS) is 10.7. The minimum absolute atomic E-state index is 0.624. The van der Waals surface area contributed by atoms with Crippen LogP contribution in [0.3, 0.4) is 0 Å². The van der Waals surface area contributed by atoms with Crippen LogP contribution in [0.5, 0.6) is 0 Å². The maximum absolute atomic E-state index is 6.17. The number of rotatable bonds is 3. The van der Waals surface area contributed by atoms with E-state index in [2.05, 4.69) is 41.2 Å². The van der Waals surface area contributed by atoms with Gasteiger partial charge in [0.25, 0.3) is 0 Å². The molecule has 2 aromatic rings. The molecule has 1 heterocycles. The molecule has 96 valence electrons. The number of thiophene rings is 1. The van der Waals surface area contributed by atoms with E-state index < -0.39 is 0 Å². The van der Waals surface area contributed by atoms with E-state index in [1.165, 1.54) is 15.3 Å². The summed E-state index contributed by atoms with van der Waals surface area (Å²) >= 11 is 17.5. The standard InChI is InChI=1S/C13H12BrCl2NS/c1-7-3-9(8(2)18-7)6-17-13-11(15)4-10(14)5-12(13)16/h3-5,17H,6H2,1-2H3. The predicted molar refractivity (Wildman–Crippen MR) is 85.3 cm³/mol. The Balaban J connectivity index is 2.18. The van der Waals surface area contributed by atoms with Gasteiger partial charge in [0.15, 0.2) is 0 Å². The largest absolute Gasteiger partial charge is 0.379 e. The Kier molecular flexibility index (Phi) is 4.59. The summed E-state index contributed by atoms with van der Waals surface area (Å²) in [5.41, 5.74) is 2.07. The first-order valence-corrected chi connectivity index (χ1v) is 7.78. The maximum atomic E-state index is 6.17. The fraction of sp³-hybridized carbons (Fsp3) is 0.231. The quantitative estimate of drug-likeness (QED) is 0.699. The molecule has 1 aromatic carbocycles. The number of benzene rings is 1. The Morgan fingerprint density at radius 2 is 1.78 bits per heavy atom. The van der Waals surface area contributed by atoms with Gasteiger partial charge in [0.05, 0.1) is 15.7 Å². The van der Waals surface area contributed by atoms with E-state index >= 15 is 0 Å². The summed E-state index contributed by atoms with van der Waals surface area (Å²) < 4.78 is 0.880. The third-order valence-electron chi connectivity index (χ3n) is 2.61. The van der Waals surface area contributed by atoms with Crippen molar-refractivity contribution in [3.05, 3.63) is 48.0 Å². The molecule has 1 aromatic heterocycles. The molecule has 0 saturated carbocycles. The van der Waals surface area contributed by atoms with E-state index in [-0.39, 0.29) is 0 Å². The van der Waals surface area contributed by atoms with E-state index in [1.54, 1.807) is 11.3 Å². The number of halogens is 3. The Morgan fingerprint density at radius 1 is 1.17 bits per heavy atom. The van der Waals surface area contributed by atoms with Gasteiger partial charge in [-0.05, 0) is 37.6 Å². The first kappa shape index (κ1) is 14.2. The van der Waals surface area contributed by atoms with Crippen LogP contribution in [-0.4, -0.2) is 0 Å². The fourth-order valence-corrected chi connectivity index (χ4v) is 4.04. The van der Waals surface area contributed by atoms with E-state index in [9.17, 15) is 0 Å².